The minimum absolute atomic E-state index is 0.197. The molecule has 1 N–H and O–H groups in total. The number of rotatable bonds is 1. The van der Waals surface area contributed by atoms with Crippen LogP contribution in [0.5, 0.6) is 0 Å². The normalized spacial score (nSPS) is 30.0. The zero-order valence-electron chi connectivity index (χ0n) is 5.96. The van der Waals surface area contributed by atoms with E-state index in [1.807, 2.05) is 6.07 Å². The third kappa shape index (κ3) is 1.12. The Morgan fingerprint density at radius 3 is 2.73 bits per heavy atom. The Kier molecular flexibility index (Phi) is 1.77. The maximum atomic E-state index is 9.32. The monoisotopic (exact) mass is 216 g/mol. The quantitative estimate of drug-likeness (QED) is 0.782. The van der Waals surface area contributed by atoms with Gasteiger partial charge < -0.3 is 9.52 Å². The van der Waals surface area contributed by atoms with Crippen LogP contribution in [-0.2, 0) is 0 Å². The second-order valence-electron chi connectivity index (χ2n) is 2.88. The van der Waals surface area contributed by atoms with E-state index in [1.54, 1.807) is 6.26 Å². The molecule has 2 nitrogen and oxygen atoms in total. The molecule has 1 heterocycles. The van der Waals surface area contributed by atoms with Crippen LogP contribution in [0, 0.1) is 0 Å². The van der Waals surface area contributed by atoms with Gasteiger partial charge in [-0.3, -0.25) is 0 Å². The molecule has 2 unspecified atom stereocenters. The molecule has 0 spiro atoms. The number of hydrogen-bond acceptors (Lipinski definition) is 2. The van der Waals surface area contributed by atoms with E-state index >= 15 is 0 Å². The number of halogens is 1. The van der Waals surface area contributed by atoms with Gasteiger partial charge in [-0.1, -0.05) is 0 Å². The molecular formula is C8H9BrO2. The van der Waals surface area contributed by atoms with Crippen LogP contribution in [0.25, 0.3) is 0 Å². The van der Waals surface area contributed by atoms with E-state index in [9.17, 15) is 5.11 Å². The van der Waals surface area contributed by atoms with Crippen LogP contribution in [0.1, 0.15) is 24.5 Å². The van der Waals surface area contributed by atoms with E-state index in [0.717, 1.165) is 23.1 Å². The zero-order valence-corrected chi connectivity index (χ0v) is 7.54. The molecule has 0 amide bonds. The first-order valence-electron chi connectivity index (χ1n) is 3.70. The van der Waals surface area contributed by atoms with Gasteiger partial charge in [-0.2, -0.15) is 0 Å². The van der Waals surface area contributed by atoms with Gasteiger partial charge in [0, 0.05) is 5.92 Å². The molecule has 1 aromatic rings. The highest BCUT2D eigenvalue weighted by molar-refractivity contribution is 9.10. The van der Waals surface area contributed by atoms with Crippen molar-refractivity contribution in [2.75, 3.05) is 0 Å². The SMILES string of the molecule is OC1CCC1c1occc1Br. The van der Waals surface area contributed by atoms with Gasteiger partial charge in [0.15, 0.2) is 0 Å². The van der Waals surface area contributed by atoms with Crippen LogP contribution >= 0.6 is 15.9 Å². The summed E-state index contributed by atoms with van der Waals surface area (Å²) < 4.78 is 6.21. The molecule has 60 valence electrons. The average molecular weight is 217 g/mol. The summed E-state index contributed by atoms with van der Waals surface area (Å²) >= 11 is 3.36. The van der Waals surface area contributed by atoms with E-state index in [0.29, 0.717) is 0 Å². The van der Waals surface area contributed by atoms with Crippen molar-refractivity contribution in [3.63, 3.8) is 0 Å². The second-order valence-corrected chi connectivity index (χ2v) is 3.74. The summed E-state index contributed by atoms with van der Waals surface area (Å²) in [5.74, 6) is 1.11. The molecule has 0 aromatic carbocycles. The van der Waals surface area contributed by atoms with Gasteiger partial charge in [0.25, 0.3) is 0 Å². The van der Waals surface area contributed by atoms with Crippen LogP contribution in [0.2, 0.25) is 0 Å². The van der Waals surface area contributed by atoms with Gasteiger partial charge in [-0.25, -0.2) is 0 Å². The molecule has 1 fully saturated rings. The second kappa shape index (κ2) is 2.64. The topological polar surface area (TPSA) is 33.4 Å². The maximum Gasteiger partial charge on any atom is 0.123 e. The van der Waals surface area contributed by atoms with Crippen molar-refractivity contribution < 1.29 is 9.52 Å². The first kappa shape index (κ1) is 7.37. The van der Waals surface area contributed by atoms with Crippen molar-refractivity contribution in [1.29, 1.82) is 0 Å². The van der Waals surface area contributed by atoms with Gasteiger partial charge in [0.1, 0.15) is 5.76 Å². The molecular weight excluding hydrogens is 208 g/mol. The summed E-state index contributed by atoms with van der Waals surface area (Å²) in [6.07, 6.45) is 3.38. The Morgan fingerprint density at radius 1 is 1.55 bits per heavy atom. The standard InChI is InChI=1S/C8H9BrO2/c9-6-3-4-11-8(6)5-1-2-7(5)10/h3-5,7,10H,1-2H2. The first-order chi connectivity index (χ1) is 5.29. The Hall–Kier alpha value is -0.280. The maximum absolute atomic E-state index is 9.32. The molecule has 1 aromatic heterocycles. The highest BCUT2D eigenvalue weighted by Gasteiger charge is 2.33. The van der Waals surface area contributed by atoms with Crippen LogP contribution in [0.3, 0.4) is 0 Å². The summed E-state index contributed by atoms with van der Waals surface area (Å²) in [6.45, 7) is 0. The number of aliphatic hydroxyl groups is 1. The van der Waals surface area contributed by atoms with Crippen molar-refractivity contribution in [2.45, 2.75) is 24.9 Å². The lowest BCUT2D eigenvalue weighted by Crippen LogP contribution is -2.28. The highest BCUT2D eigenvalue weighted by atomic mass is 79.9. The predicted molar refractivity (Wildman–Crippen MR) is 44.4 cm³/mol. The Morgan fingerprint density at radius 2 is 2.36 bits per heavy atom. The molecule has 2 atom stereocenters. The largest absolute Gasteiger partial charge is 0.468 e. The molecule has 1 aliphatic rings. The molecule has 1 aliphatic carbocycles. The van der Waals surface area contributed by atoms with Gasteiger partial charge in [0.05, 0.1) is 16.8 Å². The lowest BCUT2D eigenvalue weighted by atomic mass is 9.80. The molecule has 0 radical (unpaired) electrons. The zero-order chi connectivity index (χ0) is 7.84. The van der Waals surface area contributed by atoms with E-state index in [4.69, 9.17) is 4.42 Å². The minimum Gasteiger partial charge on any atom is -0.468 e. The minimum atomic E-state index is -0.197. The van der Waals surface area contributed by atoms with Crippen molar-refractivity contribution in [3.05, 3.63) is 22.6 Å². The fraction of sp³-hybridized carbons (Fsp3) is 0.500. The summed E-state index contributed by atoms with van der Waals surface area (Å²) in [5.41, 5.74) is 0. The van der Waals surface area contributed by atoms with Crippen LogP contribution in [0.15, 0.2) is 21.2 Å². The van der Waals surface area contributed by atoms with Crippen molar-refractivity contribution in [3.8, 4) is 0 Å². The summed E-state index contributed by atoms with van der Waals surface area (Å²) in [5, 5.41) is 9.32. The highest BCUT2D eigenvalue weighted by Crippen LogP contribution is 2.40. The average Bonchev–Trinajstić information content (AvgIpc) is 2.34. The van der Waals surface area contributed by atoms with Gasteiger partial charge >= 0.3 is 0 Å². The number of furan rings is 1. The Balaban J connectivity index is 2.22. The summed E-state index contributed by atoms with van der Waals surface area (Å²) in [4.78, 5) is 0. The third-order valence-electron chi connectivity index (χ3n) is 2.22. The Bertz CT molecular complexity index is 256. The number of aliphatic hydroxyl groups excluding tert-OH is 1. The molecule has 2 rings (SSSR count). The molecule has 3 heteroatoms. The molecule has 11 heavy (non-hydrogen) atoms. The van der Waals surface area contributed by atoms with Crippen molar-refractivity contribution in [2.24, 2.45) is 0 Å². The van der Waals surface area contributed by atoms with Crippen LogP contribution < -0.4 is 0 Å². The number of hydrogen-bond donors (Lipinski definition) is 1. The lowest BCUT2D eigenvalue weighted by Gasteiger charge is -2.30. The summed E-state index contributed by atoms with van der Waals surface area (Å²) in [6, 6.07) is 1.86. The Labute approximate surface area is 73.3 Å². The molecule has 0 saturated heterocycles. The summed E-state index contributed by atoms with van der Waals surface area (Å²) in [7, 11) is 0. The van der Waals surface area contributed by atoms with E-state index in [2.05, 4.69) is 15.9 Å². The van der Waals surface area contributed by atoms with E-state index in [-0.39, 0.29) is 12.0 Å². The molecule has 0 aliphatic heterocycles. The van der Waals surface area contributed by atoms with Gasteiger partial charge in [0.2, 0.25) is 0 Å². The molecule has 1 saturated carbocycles. The van der Waals surface area contributed by atoms with Crippen molar-refractivity contribution in [1.82, 2.24) is 0 Å². The van der Waals surface area contributed by atoms with E-state index in [1.165, 1.54) is 0 Å². The first-order valence-corrected chi connectivity index (χ1v) is 4.49. The van der Waals surface area contributed by atoms with Gasteiger partial charge in [-0.05, 0) is 34.8 Å². The smallest absolute Gasteiger partial charge is 0.123 e. The lowest BCUT2D eigenvalue weighted by molar-refractivity contribution is 0.0556. The van der Waals surface area contributed by atoms with E-state index < -0.39 is 0 Å². The fourth-order valence-electron chi connectivity index (χ4n) is 1.36. The third-order valence-corrected chi connectivity index (χ3v) is 2.87. The fourth-order valence-corrected chi connectivity index (χ4v) is 1.85. The predicted octanol–water partition coefficient (Wildman–Crippen LogP) is 2.28. The van der Waals surface area contributed by atoms with Crippen LogP contribution in [-0.4, -0.2) is 11.2 Å². The van der Waals surface area contributed by atoms with Gasteiger partial charge in [-0.15, -0.1) is 0 Å². The molecule has 0 bridgehead atoms. The van der Waals surface area contributed by atoms with Crippen LogP contribution in [0.4, 0.5) is 0 Å². The van der Waals surface area contributed by atoms with Crippen molar-refractivity contribution >= 4 is 15.9 Å².